The average Bonchev–Trinajstić information content (AvgIpc) is 3.22. The number of aliphatic imine (C=N–C) groups is 1. The maximum absolute atomic E-state index is 13.8. The third-order valence-corrected chi connectivity index (χ3v) is 5.78. The van der Waals surface area contributed by atoms with Gasteiger partial charge >= 0.3 is 11.8 Å². The van der Waals surface area contributed by atoms with E-state index in [9.17, 15) is 18.0 Å². The second-order valence-electron chi connectivity index (χ2n) is 5.39. The van der Waals surface area contributed by atoms with Gasteiger partial charge in [0.15, 0.2) is 10.3 Å². The number of amidine groups is 1. The molecule has 2 aliphatic heterocycles. The summed E-state index contributed by atoms with van der Waals surface area (Å²) in [5.74, 6) is -0.00120. The first-order valence-corrected chi connectivity index (χ1v) is 8.98. The van der Waals surface area contributed by atoms with Gasteiger partial charge in [0.2, 0.25) is 0 Å². The summed E-state index contributed by atoms with van der Waals surface area (Å²) >= 11 is 2.15. The summed E-state index contributed by atoms with van der Waals surface area (Å²) < 4.78 is 47.0. The molecule has 0 radical (unpaired) electrons. The summed E-state index contributed by atoms with van der Waals surface area (Å²) in [6.07, 6.45) is -4.89. The minimum Gasteiger partial charge on any atom is -0.497 e. The molecule has 0 aliphatic carbocycles. The number of fused-ring (bicyclic) bond motifs is 2. The molecule has 1 aromatic carbocycles. The predicted octanol–water partition coefficient (Wildman–Crippen LogP) is 2.92. The molecular formula is C14H11F3N4O2S2. The fourth-order valence-corrected chi connectivity index (χ4v) is 4.58. The third kappa shape index (κ3) is 2.44. The molecule has 1 saturated heterocycles. The Morgan fingerprint density at radius 3 is 2.88 bits per heavy atom. The van der Waals surface area contributed by atoms with Crippen molar-refractivity contribution < 1.29 is 22.7 Å². The van der Waals surface area contributed by atoms with Crippen LogP contribution in [-0.2, 0) is 4.79 Å². The number of nitrogens with zero attached hydrogens (tertiary/aromatic N) is 3. The first-order chi connectivity index (χ1) is 11.8. The highest BCUT2D eigenvalue weighted by molar-refractivity contribution is 8.14. The van der Waals surface area contributed by atoms with Crippen LogP contribution in [0, 0.1) is 0 Å². The standard InChI is InChI=1S/C14H11F3N4O2S2/c1-23-7-2-3-8-9(6-7)25-11(18-8)19-13(14(15,16)17)10(22)21-4-5-24-12(21)20-13/h2-3,6H,4-5H2,1H3,(H,18,19). The van der Waals surface area contributed by atoms with Crippen LogP contribution in [0.1, 0.15) is 0 Å². The van der Waals surface area contributed by atoms with Crippen molar-refractivity contribution in [2.45, 2.75) is 11.8 Å². The molecule has 1 unspecified atom stereocenters. The van der Waals surface area contributed by atoms with Crippen LogP contribution in [0.3, 0.4) is 0 Å². The van der Waals surface area contributed by atoms with E-state index in [-0.39, 0.29) is 16.8 Å². The summed E-state index contributed by atoms with van der Waals surface area (Å²) in [5, 5.41) is 2.32. The largest absolute Gasteiger partial charge is 0.497 e. The van der Waals surface area contributed by atoms with E-state index in [1.54, 1.807) is 18.2 Å². The lowest BCUT2D eigenvalue weighted by Gasteiger charge is -2.28. The van der Waals surface area contributed by atoms with E-state index in [0.717, 1.165) is 28.0 Å². The van der Waals surface area contributed by atoms with Crippen LogP contribution in [0.15, 0.2) is 23.2 Å². The minimum atomic E-state index is -4.89. The van der Waals surface area contributed by atoms with Gasteiger partial charge in [0.1, 0.15) is 5.75 Å². The Balaban J connectivity index is 1.76. The van der Waals surface area contributed by atoms with Gasteiger partial charge < -0.3 is 10.1 Å². The van der Waals surface area contributed by atoms with Crippen molar-refractivity contribution in [3.8, 4) is 5.75 Å². The van der Waals surface area contributed by atoms with Gasteiger partial charge in [-0.05, 0) is 18.2 Å². The number of halogens is 3. The highest BCUT2D eigenvalue weighted by Crippen LogP contribution is 2.44. The summed E-state index contributed by atoms with van der Waals surface area (Å²) in [4.78, 5) is 21.4. The van der Waals surface area contributed by atoms with E-state index in [4.69, 9.17) is 4.74 Å². The Bertz CT molecular complexity index is 898. The van der Waals surface area contributed by atoms with E-state index in [0.29, 0.717) is 21.7 Å². The molecule has 6 nitrogen and oxygen atoms in total. The number of amides is 1. The Morgan fingerprint density at radius 1 is 1.40 bits per heavy atom. The molecule has 2 aliphatic rings. The van der Waals surface area contributed by atoms with Gasteiger partial charge in [-0.1, -0.05) is 23.1 Å². The Morgan fingerprint density at radius 2 is 2.20 bits per heavy atom. The third-order valence-electron chi connectivity index (χ3n) is 3.89. The number of thiazole rings is 1. The molecule has 3 heterocycles. The lowest BCUT2D eigenvalue weighted by Crippen LogP contribution is -2.57. The number of rotatable bonds is 3. The number of anilines is 1. The van der Waals surface area contributed by atoms with E-state index >= 15 is 0 Å². The zero-order valence-electron chi connectivity index (χ0n) is 12.8. The highest BCUT2D eigenvalue weighted by Gasteiger charge is 2.67. The first-order valence-electron chi connectivity index (χ1n) is 7.18. The Hall–Kier alpha value is -2.01. The number of hydrogen-bond acceptors (Lipinski definition) is 7. The number of nitrogens with one attached hydrogen (secondary N) is 1. The molecule has 0 bridgehead atoms. The Labute approximate surface area is 148 Å². The Kier molecular flexibility index (Phi) is 3.62. The predicted molar refractivity (Wildman–Crippen MR) is 90.2 cm³/mol. The van der Waals surface area contributed by atoms with Gasteiger partial charge in [-0.25, -0.2) is 9.98 Å². The van der Waals surface area contributed by atoms with Crippen LogP contribution in [-0.4, -0.2) is 52.2 Å². The van der Waals surface area contributed by atoms with Crippen LogP contribution in [0.2, 0.25) is 0 Å². The number of hydrogen-bond donors (Lipinski definition) is 1. The zero-order chi connectivity index (χ0) is 17.8. The van der Waals surface area contributed by atoms with Crippen molar-refractivity contribution >= 4 is 49.5 Å². The van der Waals surface area contributed by atoms with E-state index in [1.807, 2.05) is 0 Å². The van der Waals surface area contributed by atoms with Crippen molar-refractivity contribution in [1.82, 2.24) is 9.88 Å². The average molecular weight is 388 g/mol. The summed E-state index contributed by atoms with van der Waals surface area (Å²) in [6.45, 7) is 0.221. The molecule has 25 heavy (non-hydrogen) atoms. The van der Waals surface area contributed by atoms with Crippen molar-refractivity contribution in [3.63, 3.8) is 0 Å². The van der Waals surface area contributed by atoms with Crippen LogP contribution in [0.4, 0.5) is 18.3 Å². The monoisotopic (exact) mass is 388 g/mol. The molecule has 1 N–H and O–H groups in total. The second-order valence-corrected chi connectivity index (χ2v) is 7.48. The number of carbonyl (C=O) groups is 1. The molecule has 0 saturated carbocycles. The number of thioether (sulfide) groups is 1. The molecule has 11 heteroatoms. The topological polar surface area (TPSA) is 66.8 Å². The fraction of sp³-hybridized carbons (Fsp3) is 0.357. The van der Waals surface area contributed by atoms with Crippen LogP contribution >= 0.6 is 23.1 Å². The van der Waals surface area contributed by atoms with E-state index in [2.05, 4.69) is 15.3 Å². The van der Waals surface area contributed by atoms with Gasteiger partial charge in [-0.15, -0.1) is 0 Å². The molecule has 1 fully saturated rings. The summed E-state index contributed by atoms with van der Waals surface area (Å²) in [5.41, 5.74) is -2.51. The number of alkyl halides is 3. The number of carbonyl (C=O) groups excluding carboxylic acids is 1. The number of methoxy groups -OCH3 is 1. The molecule has 132 valence electrons. The molecule has 0 spiro atoms. The molecule has 2 aromatic rings. The van der Waals surface area contributed by atoms with Crippen LogP contribution in [0.5, 0.6) is 5.75 Å². The molecule has 1 aromatic heterocycles. The van der Waals surface area contributed by atoms with Crippen molar-refractivity contribution in [2.24, 2.45) is 4.99 Å². The quantitative estimate of drug-likeness (QED) is 0.876. The van der Waals surface area contributed by atoms with Crippen LogP contribution in [0.25, 0.3) is 10.2 Å². The molecular weight excluding hydrogens is 377 g/mol. The molecule has 1 amide bonds. The van der Waals surface area contributed by atoms with E-state index < -0.39 is 17.7 Å². The van der Waals surface area contributed by atoms with Gasteiger partial charge in [0.05, 0.1) is 17.3 Å². The highest BCUT2D eigenvalue weighted by atomic mass is 32.2. The SMILES string of the molecule is COc1ccc2nc(NC3(C(F)(F)F)N=C4SCCN4C3=O)sc2c1. The lowest BCUT2D eigenvalue weighted by atomic mass is 10.1. The van der Waals surface area contributed by atoms with Gasteiger partial charge in [-0.3, -0.25) is 9.69 Å². The lowest BCUT2D eigenvalue weighted by molar-refractivity contribution is -0.185. The van der Waals surface area contributed by atoms with Crippen molar-refractivity contribution in [1.29, 1.82) is 0 Å². The maximum atomic E-state index is 13.8. The molecule has 1 atom stereocenters. The number of aromatic nitrogens is 1. The van der Waals surface area contributed by atoms with Crippen LogP contribution < -0.4 is 10.1 Å². The van der Waals surface area contributed by atoms with E-state index in [1.165, 1.54) is 7.11 Å². The van der Waals surface area contributed by atoms with Gasteiger partial charge in [0, 0.05) is 12.3 Å². The van der Waals surface area contributed by atoms with Crippen molar-refractivity contribution in [3.05, 3.63) is 18.2 Å². The minimum absolute atomic E-state index is 0.0237. The summed E-state index contributed by atoms with van der Waals surface area (Å²) in [7, 11) is 1.50. The second kappa shape index (κ2) is 5.49. The fourth-order valence-electron chi connectivity index (χ4n) is 2.65. The van der Waals surface area contributed by atoms with Crippen molar-refractivity contribution in [2.75, 3.05) is 24.7 Å². The normalized spacial score (nSPS) is 23.1. The maximum Gasteiger partial charge on any atom is 0.442 e. The molecule has 4 rings (SSSR count). The number of ether oxygens (including phenoxy) is 1. The number of benzene rings is 1. The smallest absolute Gasteiger partial charge is 0.442 e. The van der Waals surface area contributed by atoms with Gasteiger partial charge in [-0.2, -0.15) is 13.2 Å². The van der Waals surface area contributed by atoms with Gasteiger partial charge in [0.25, 0.3) is 5.91 Å². The summed E-state index contributed by atoms with van der Waals surface area (Å²) in [6, 6.07) is 4.99. The zero-order valence-corrected chi connectivity index (χ0v) is 14.4. The first kappa shape index (κ1) is 16.5.